The average Bonchev–Trinajstić information content (AvgIpc) is 3.37. The third-order valence-electron chi connectivity index (χ3n) is 7.63. The summed E-state index contributed by atoms with van der Waals surface area (Å²) >= 11 is 0. The predicted octanol–water partition coefficient (Wildman–Crippen LogP) is 2.49. The third-order valence-corrected chi connectivity index (χ3v) is 7.63. The van der Waals surface area contributed by atoms with Crippen molar-refractivity contribution < 1.29 is 28.3 Å². The molecule has 3 aromatic rings. The number of benzene rings is 1. The van der Waals surface area contributed by atoms with E-state index in [2.05, 4.69) is 25.7 Å². The molecule has 0 spiro atoms. The van der Waals surface area contributed by atoms with Gasteiger partial charge in [0, 0.05) is 19.2 Å². The zero-order chi connectivity index (χ0) is 25.5. The van der Waals surface area contributed by atoms with E-state index >= 15 is 0 Å². The van der Waals surface area contributed by atoms with Gasteiger partial charge in [-0.2, -0.15) is 14.6 Å². The summed E-state index contributed by atoms with van der Waals surface area (Å²) in [5.74, 6) is -3.77. The van der Waals surface area contributed by atoms with Crippen LogP contribution in [0.5, 0.6) is 0 Å². The number of nitrogens with one attached hydrogen (secondary N) is 2. The second-order valence-electron chi connectivity index (χ2n) is 9.70. The molecule has 12 heteroatoms. The Kier molecular flexibility index (Phi) is 5.89. The van der Waals surface area contributed by atoms with Gasteiger partial charge in [0.25, 0.3) is 17.6 Å². The maximum atomic E-state index is 13.4. The van der Waals surface area contributed by atoms with Gasteiger partial charge in [-0.3, -0.25) is 14.4 Å². The number of aromatic nitrogens is 4. The molecule has 10 nitrogen and oxygen atoms in total. The van der Waals surface area contributed by atoms with E-state index in [0.717, 1.165) is 31.4 Å². The summed E-state index contributed by atoms with van der Waals surface area (Å²) in [6, 6.07) is 4.61. The van der Waals surface area contributed by atoms with E-state index in [0.29, 0.717) is 31.4 Å². The summed E-state index contributed by atoms with van der Waals surface area (Å²) in [6.45, 7) is 0.315. The molecule has 3 aliphatic rings. The highest BCUT2D eigenvalue weighted by Gasteiger charge is 2.52. The van der Waals surface area contributed by atoms with Crippen molar-refractivity contribution in [2.45, 2.75) is 45.1 Å². The van der Waals surface area contributed by atoms with Gasteiger partial charge >= 0.3 is 5.97 Å². The first-order valence-corrected chi connectivity index (χ1v) is 11.6. The van der Waals surface area contributed by atoms with Crippen LogP contribution in [0, 0.1) is 22.5 Å². The number of aliphatic carboxylic acids is 1. The quantitative estimate of drug-likeness (QED) is 0.455. The Morgan fingerprint density at radius 3 is 2.36 bits per heavy atom. The van der Waals surface area contributed by atoms with Crippen LogP contribution < -0.4 is 10.6 Å². The molecule has 0 unspecified atom stereocenters. The van der Waals surface area contributed by atoms with E-state index in [4.69, 9.17) is 0 Å². The number of hydrogen-bond acceptors (Lipinski definition) is 6. The molecule has 6 rings (SSSR count). The van der Waals surface area contributed by atoms with Gasteiger partial charge in [-0.25, -0.2) is 13.8 Å². The Morgan fingerprint density at radius 2 is 1.69 bits per heavy atom. The first-order chi connectivity index (χ1) is 17.2. The molecular formula is C24H24F2N6O4. The van der Waals surface area contributed by atoms with E-state index < -0.39 is 34.8 Å². The Balaban J connectivity index is 1.29. The standard InChI is InChI=1S/C24H24F2N6O4/c25-15-2-1-14(9-16(15)26)11-27-19(33)17-10-18(32-22(31-17)29-13-30-32)20(34)28-12-23-3-6-24(7-4-23,8-5-23)21(35)36/h1-2,9-10,13H,3-8,11-12H2,(H,27,33)(H,28,34)(H,35,36). The van der Waals surface area contributed by atoms with Crippen LogP contribution in [0.15, 0.2) is 30.6 Å². The second-order valence-corrected chi connectivity index (χ2v) is 9.70. The number of carboxylic acids is 1. The van der Waals surface area contributed by atoms with Gasteiger partial charge in [0.05, 0.1) is 5.41 Å². The Bertz CT molecular complexity index is 1350. The van der Waals surface area contributed by atoms with Crippen LogP contribution >= 0.6 is 0 Å². The molecular weight excluding hydrogens is 474 g/mol. The third kappa shape index (κ3) is 4.27. The summed E-state index contributed by atoms with van der Waals surface area (Å²) in [6.07, 6.45) is 5.20. The maximum absolute atomic E-state index is 13.4. The van der Waals surface area contributed by atoms with E-state index in [-0.39, 0.29) is 29.1 Å². The lowest BCUT2D eigenvalue weighted by Gasteiger charge is -2.51. The van der Waals surface area contributed by atoms with Crippen LogP contribution in [0.4, 0.5) is 8.78 Å². The van der Waals surface area contributed by atoms with E-state index in [1.54, 1.807) is 0 Å². The van der Waals surface area contributed by atoms with Crippen molar-refractivity contribution in [1.29, 1.82) is 0 Å². The Morgan fingerprint density at radius 1 is 0.972 bits per heavy atom. The summed E-state index contributed by atoms with van der Waals surface area (Å²) in [5, 5.41) is 19.1. The van der Waals surface area contributed by atoms with Crippen molar-refractivity contribution in [1.82, 2.24) is 30.2 Å². The Hall–Kier alpha value is -3.96. The van der Waals surface area contributed by atoms with Crippen LogP contribution in [0.25, 0.3) is 5.78 Å². The highest BCUT2D eigenvalue weighted by atomic mass is 19.2. The molecule has 2 aromatic heterocycles. The summed E-state index contributed by atoms with van der Waals surface area (Å²) in [4.78, 5) is 45.7. The lowest BCUT2D eigenvalue weighted by molar-refractivity contribution is -0.158. The SMILES string of the molecule is O=C(NCc1ccc(F)c(F)c1)c1cc(C(=O)NCC23CCC(C(=O)O)(CC2)CC3)n2ncnc2n1. The summed E-state index contributed by atoms with van der Waals surface area (Å²) in [5.41, 5.74) is -0.436. The van der Waals surface area contributed by atoms with Crippen LogP contribution in [0.3, 0.4) is 0 Å². The van der Waals surface area contributed by atoms with Gasteiger partial charge in [0.15, 0.2) is 11.6 Å². The van der Waals surface area contributed by atoms with Crippen molar-refractivity contribution >= 4 is 23.6 Å². The fourth-order valence-electron chi connectivity index (χ4n) is 5.22. The van der Waals surface area contributed by atoms with E-state index in [1.807, 2.05) is 0 Å². The lowest BCUT2D eigenvalue weighted by atomic mass is 9.53. The fourth-order valence-corrected chi connectivity index (χ4v) is 5.22. The number of amides is 2. The molecule has 36 heavy (non-hydrogen) atoms. The number of carboxylic acid groups (broad SMARTS) is 1. The average molecular weight is 498 g/mol. The first-order valence-electron chi connectivity index (χ1n) is 11.6. The number of nitrogens with zero attached hydrogens (tertiary/aromatic N) is 4. The zero-order valence-electron chi connectivity index (χ0n) is 19.3. The zero-order valence-corrected chi connectivity index (χ0v) is 19.3. The molecule has 2 bridgehead atoms. The molecule has 0 radical (unpaired) electrons. The van der Waals surface area contributed by atoms with Crippen molar-refractivity contribution in [2.75, 3.05) is 6.54 Å². The van der Waals surface area contributed by atoms with E-state index in [9.17, 15) is 28.3 Å². The van der Waals surface area contributed by atoms with Gasteiger partial charge in [-0.1, -0.05) is 6.07 Å². The number of halogens is 2. The van der Waals surface area contributed by atoms with Crippen LogP contribution in [-0.4, -0.2) is 49.0 Å². The number of fused-ring (bicyclic) bond motifs is 4. The minimum atomic E-state index is -1.02. The lowest BCUT2D eigenvalue weighted by Crippen LogP contribution is -2.50. The highest BCUT2D eigenvalue weighted by molar-refractivity contribution is 5.98. The molecule has 2 amide bonds. The normalized spacial score (nSPS) is 22.9. The van der Waals surface area contributed by atoms with Gasteiger partial charge < -0.3 is 15.7 Å². The van der Waals surface area contributed by atoms with Gasteiger partial charge in [-0.05, 0) is 61.6 Å². The fraction of sp³-hybridized carbons (Fsp3) is 0.417. The second kappa shape index (κ2) is 8.92. The number of hydrogen-bond donors (Lipinski definition) is 3. The van der Waals surface area contributed by atoms with Crippen LogP contribution in [0.2, 0.25) is 0 Å². The monoisotopic (exact) mass is 498 g/mol. The minimum Gasteiger partial charge on any atom is -0.481 e. The molecule has 0 saturated heterocycles. The molecule has 3 aliphatic carbocycles. The molecule has 2 heterocycles. The Labute approximate surface area is 204 Å². The number of rotatable bonds is 7. The van der Waals surface area contributed by atoms with Crippen molar-refractivity contribution in [3.63, 3.8) is 0 Å². The van der Waals surface area contributed by atoms with Crippen molar-refractivity contribution in [3.05, 3.63) is 59.2 Å². The molecule has 3 fully saturated rings. The summed E-state index contributed by atoms with van der Waals surface area (Å²) < 4.78 is 27.8. The molecule has 3 saturated carbocycles. The van der Waals surface area contributed by atoms with E-state index in [1.165, 1.54) is 23.0 Å². The topological polar surface area (TPSA) is 139 Å². The smallest absolute Gasteiger partial charge is 0.309 e. The van der Waals surface area contributed by atoms with Gasteiger partial charge in [0.1, 0.15) is 17.7 Å². The van der Waals surface area contributed by atoms with Crippen LogP contribution in [-0.2, 0) is 11.3 Å². The van der Waals surface area contributed by atoms with Gasteiger partial charge in [0.2, 0.25) is 0 Å². The molecule has 3 N–H and O–H groups in total. The predicted molar refractivity (Wildman–Crippen MR) is 121 cm³/mol. The molecule has 0 atom stereocenters. The molecule has 0 aliphatic heterocycles. The maximum Gasteiger partial charge on any atom is 0.309 e. The van der Waals surface area contributed by atoms with Crippen LogP contribution in [0.1, 0.15) is 65.1 Å². The van der Waals surface area contributed by atoms with Crippen molar-refractivity contribution in [2.24, 2.45) is 10.8 Å². The largest absolute Gasteiger partial charge is 0.481 e. The van der Waals surface area contributed by atoms with Crippen molar-refractivity contribution in [3.8, 4) is 0 Å². The molecule has 1 aromatic carbocycles. The first kappa shape index (κ1) is 23.8. The highest BCUT2D eigenvalue weighted by Crippen LogP contribution is 2.56. The molecule has 188 valence electrons. The van der Waals surface area contributed by atoms with Gasteiger partial charge in [-0.15, -0.1) is 0 Å². The summed E-state index contributed by atoms with van der Waals surface area (Å²) in [7, 11) is 0. The number of carbonyl (C=O) groups excluding carboxylic acids is 2. The minimum absolute atomic E-state index is 0.0559. The number of carbonyl (C=O) groups is 3.